The molecule has 108 valence electrons. The lowest BCUT2D eigenvalue weighted by Crippen LogP contribution is -2.25. The zero-order chi connectivity index (χ0) is 14.3. The number of benzene rings is 1. The third-order valence-corrected chi connectivity index (χ3v) is 5.27. The van der Waals surface area contributed by atoms with E-state index in [9.17, 15) is 8.42 Å². The van der Waals surface area contributed by atoms with Crippen molar-refractivity contribution < 1.29 is 8.42 Å². The second-order valence-electron chi connectivity index (χ2n) is 4.72. The highest BCUT2D eigenvalue weighted by atomic mass is 35.5. The minimum absolute atomic E-state index is 0.0308. The third-order valence-electron chi connectivity index (χ3n) is 3.24. The van der Waals surface area contributed by atoms with Crippen LogP contribution in [0.15, 0.2) is 24.3 Å². The van der Waals surface area contributed by atoms with Gasteiger partial charge in [0.05, 0.1) is 11.5 Å². The lowest BCUT2D eigenvalue weighted by molar-refractivity contribution is 0.500. The van der Waals surface area contributed by atoms with Gasteiger partial charge in [-0.3, -0.25) is 0 Å². The van der Waals surface area contributed by atoms with Gasteiger partial charge in [-0.2, -0.15) is 0 Å². The van der Waals surface area contributed by atoms with E-state index in [0.29, 0.717) is 23.0 Å². The van der Waals surface area contributed by atoms with Crippen LogP contribution >= 0.6 is 11.6 Å². The first-order chi connectivity index (χ1) is 8.98. The van der Waals surface area contributed by atoms with Gasteiger partial charge in [-0.25, -0.2) is 8.42 Å². The van der Waals surface area contributed by atoms with Crippen molar-refractivity contribution in [1.29, 1.82) is 0 Å². The Morgan fingerprint density at radius 3 is 2.58 bits per heavy atom. The molecular weight excluding hydrogens is 282 g/mol. The fourth-order valence-electron chi connectivity index (χ4n) is 2.03. The van der Waals surface area contributed by atoms with E-state index in [1.807, 2.05) is 13.1 Å². The lowest BCUT2D eigenvalue weighted by Gasteiger charge is -2.13. The third kappa shape index (κ3) is 5.93. The second-order valence-corrected chi connectivity index (χ2v) is 7.31. The molecular formula is C14H22ClNO2S. The van der Waals surface area contributed by atoms with Crippen LogP contribution < -0.4 is 5.32 Å². The summed E-state index contributed by atoms with van der Waals surface area (Å²) in [6.07, 6.45) is 2.59. The van der Waals surface area contributed by atoms with Crippen LogP contribution in [0.3, 0.4) is 0 Å². The predicted octanol–water partition coefficient (Wildman–Crippen LogP) is 3.03. The van der Waals surface area contributed by atoms with Crippen molar-refractivity contribution in [2.24, 2.45) is 0 Å². The minimum atomic E-state index is -3.08. The van der Waals surface area contributed by atoms with Crippen molar-refractivity contribution in [1.82, 2.24) is 5.32 Å². The largest absolute Gasteiger partial charge is 0.317 e. The number of hydrogen-bond acceptors (Lipinski definition) is 3. The van der Waals surface area contributed by atoms with Crippen LogP contribution in [-0.4, -0.2) is 27.3 Å². The highest BCUT2D eigenvalue weighted by Crippen LogP contribution is 2.18. The second kappa shape index (κ2) is 7.88. The molecule has 1 rings (SSSR count). The fraction of sp³-hybridized carbons (Fsp3) is 0.571. The van der Waals surface area contributed by atoms with E-state index in [4.69, 9.17) is 11.6 Å². The average Bonchev–Trinajstić information content (AvgIpc) is 2.37. The number of halogens is 1. The molecule has 1 N–H and O–H groups in total. The van der Waals surface area contributed by atoms with Gasteiger partial charge in [0.15, 0.2) is 9.84 Å². The molecule has 0 aromatic heterocycles. The molecule has 0 aliphatic carbocycles. The topological polar surface area (TPSA) is 46.2 Å². The molecule has 0 saturated carbocycles. The molecule has 1 atom stereocenters. The molecule has 0 bridgehead atoms. The molecule has 0 aliphatic heterocycles. The van der Waals surface area contributed by atoms with Crippen LogP contribution in [0.4, 0.5) is 0 Å². The summed E-state index contributed by atoms with van der Waals surface area (Å²) < 4.78 is 24.1. The molecule has 0 saturated heterocycles. The maximum Gasteiger partial charge on any atom is 0.154 e. The van der Waals surface area contributed by atoms with Gasteiger partial charge < -0.3 is 5.32 Å². The molecule has 1 unspecified atom stereocenters. The van der Waals surface area contributed by atoms with Gasteiger partial charge in [0.2, 0.25) is 0 Å². The van der Waals surface area contributed by atoms with Crippen molar-refractivity contribution >= 4 is 21.4 Å². The molecule has 1 aromatic carbocycles. The molecule has 0 aliphatic rings. The molecule has 19 heavy (non-hydrogen) atoms. The molecule has 0 radical (unpaired) electrons. The van der Waals surface area contributed by atoms with Crippen LogP contribution in [0.5, 0.6) is 0 Å². The maximum atomic E-state index is 12.0. The Hall–Kier alpha value is -0.580. The van der Waals surface area contributed by atoms with Crippen molar-refractivity contribution in [2.45, 2.75) is 38.0 Å². The Balaban J connectivity index is 2.51. The SMILES string of the molecule is CCC(CCCS(=O)(=O)Cc1ccccc1Cl)NC. The van der Waals surface area contributed by atoms with Crippen LogP contribution in [0.2, 0.25) is 5.02 Å². The summed E-state index contributed by atoms with van der Waals surface area (Å²) >= 11 is 5.99. The Morgan fingerprint density at radius 2 is 2.00 bits per heavy atom. The van der Waals surface area contributed by atoms with Crippen LogP contribution in [0, 0.1) is 0 Å². The van der Waals surface area contributed by atoms with Gasteiger partial charge in [0, 0.05) is 11.1 Å². The summed E-state index contributed by atoms with van der Waals surface area (Å²) in [6.45, 7) is 2.10. The molecule has 0 heterocycles. The quantitative estimate of drug-likeness (QED) is 0.803. The van der Waals surface area contributed by atoms with E-state index in [1.54, 1.807) is 18.2 Å². The van der Waals surface area contributed by atoms with Crippen molar-refractivity contribution in [2.75, 3.05) is 12.8 Å². The van der Waals surface area contributed by atoms with E-state index < -0.39 is 9.84 Å². The van der Waals surface area contributed by atoms with E-state index >= 15 is 0 Å². The zero-order valence-electron chi connectivity index (χ0n) is 11.5. The molecule has 0 fully saturated rings. The first-order valence-electron chi connectivity index (χ1n) is 6.59. The fourth-order valence-corrected chi connectivity index (χ4v) is 3.78. The van der Waals surface area contributed by atoms with Crippen molar-refractivity contribution in [3.8, 4) is 0 Å². The summed E-state index contributed by atoms with van der Waals surface area (Å²) in [5, 5.41) is 3.70. The molecule has 1 aromatic rings. The summed E-state index contributed by atoms with van der Waals surface area (Å²) in [7, 11) is -1.17. The van der Waals surface area contributed by atoms with Gasteiger partial charge in [0.1, 0.15) is 0 Å². The van der Waals surface area contributed by atoms with Gasteiger partial charge in [0.25, 0.3) is 0 Å². The summed E-state index contributed by atoms with van der Waals surface area (Å²) in [5.74, 6) is 0.249. The normalized spacial score (nSPS) is 13.4. The summed E-state index contributed by atoms with van der Waals surface area (Å²) in [5.41, 5.74) is 0.685. The zero-order valence-corrected chi connectivity index (χ0v) is 13.1. The highest BCUT2D eigenvalue weighted by molar-refractivity contribution is 7.90. The monoisotopic (exact) mass is 303 g/mol. The van der Waals surface area contributed by atoms with Gasteiger partial charge >= 0.3 is 0 Å². The predicted molar refractivity (Wildman–Crippen MR) is 81.3 cm³/mol. The summed E-state index contributed by atoms with van der Waals surface area (Å²) in [6, 6.07) is 7.50. The first-order valence-corrected chi connectivity index (χ1v) is 8.79. The number of hydrogen-bond donors (Lipinski definition) is 1. The van der Waals surface area contributed by atoms with Crippen LogP contribution in [-0.2, 0) is 15.6 Å². The number of nitrogens with one attached hydrogen (secondary N) is 1. The smallest absolute Gasteiger partial charge is 0.154 e. The molecule has 3 nitrogen and oxygen atoms in total. The molecule has 0 amide bonds. The first kappa shape index (κ1) is 16.5. The minimum Gasteiger partial charge on any atom is -0.317 e. The van der Waals surface area contributed by atoms with Crippen molar-refractivity contribution in [3.63, 3.8) is 0 Å². The Morgan fingerprint density at radius 1 is 1.32 bits per heavy atom. The standard InChI is InChI=1S/C14H22ClNO2S/c1-3-13(16-2)8-6-10-19(17,18)11-12-7-4-5-9-14(12)15/h4-5,7,9,13,16H,3,6,8,10-11H2,1-2H3. The van der Waals surface area contributed by atoms with Crippen LogP contribution in [0.1, 0.15) is 31.7 Å². The maximum absolute atomic E-state index is 12.0. The Labute approximate surface area is 121 Å². The number of sulfone groups is 1. The van der Waals surface area contributed by atoms with E-state index in [1.165, 1.54) is 0 Å². The van der Waals surface area contributed by atoms with Gasteiger partial charge in [-0.05, 0) is 37.9 Å². The van der Waals surface area contributed by atoms with Gasteiger partial charge in [-0.1, -0.05) is 36.7 Å². The molecule has 0 spiro atoms. The molecule has 5 heteroatoms. The number of rotatable bonds is 8. The van der Waals surface area contributed by atoms with E-state index in [2.05, 4.69) is 12.2 Å². The Bertz CT molecular complexity index is 484. The average molecular weight is 304 g/mol. The lowest BCUT2D eigenvalue weighted by atomic mass is 10.1. The highest BCUT2D eigenvalue weighted by Gasteiger charge is 2.14. The Kier molecular flexibility index (Phi) is 6.83. The summed E-state index contributed by atoms with van der Waals surface area (Å²) in [4.78, 5) is 0. The van der Waals surface area contributed by atoms with Crippen molar-refractivity contribution in [3.05, 3.63) is 34.9 Å². The van der Waals surface area contributed by atoms with E-state index in [0.717, 1.165) is 12.8 Å². The van der Waals surface area contributed by atoms with Gasteiger partial charge in [-0.15, -0.1) is 0 Å². The van der Waals surface area contributed by atoms with E-state index in [-0.39, 0.29) is 11.5 Å². The van der Waals surface area contributed by atoms with Crippen LogP contribution in [0.25, 0.3) is 0 Å².